The van der Waals surface area contributed by atoms with Crippen molar-refractivity contribution in [3.8, 4) is 0 Å². The minimum absolute atomic E-state index is 0.393. The molecule has 2 unspecified atom stereocenters. The van der Waals surface area contributed by atoms with Crippen molar-refractivity contribution >= 4 is 11.8 Å². The van der Waals surface area contributed by atoms with E-state index in [1.807, 2.05) is 0 Å². The van der Waals surface area contributed by atoms with E-state index in [1.54, 1.807) is 0 Å². The summed E-state index contributed by atoms with van der Waals surface area (Å²) in [7, 11) is 0. The standard InChI is InChI=1S/C13H20N2S/c1-11-10-15(7-8-16-11)13(9-14)12-5-3-2-4-6-12/h2-6,11,13H,7-10,14H2,1H3. The molecular weight excluding hydrogens is 216 g/mol. The molecule has 2 N–H and O–H groups in total. The van der Waals surface area contributed by atoms with E-state index in [1.165, 1.54) is 11.3 Å². The second-order valence-corrected chi connectivity index (χ2v) is 5.88. The first-order valence-corrected chi connectivity index (χ1v) is 6.97. The van der Waals surface area contributed by atoms with Gasteiger partial charge in [-0.1, -0.05) is 37.3 Å². The zero-order chi connectivity index (χ0) is 11.4. The lowest BCUT2D eigenvalue weighted by Gasteiger charge is -2.36. The monoisotopic (exact) mass is 236 g/mol. The number of nitrogens with zero attached hydrogens (tertiary/aromatic N) is 1. The first-order valence-electron chi connectivity index (χ1n) is 5.92. The van der Waals surface area contributed by atoms with E-state index in [0.717, 1.165) is 18.3 Å². The summed E-state index contributed by atoms with van der Waals surface area (Å²) in [6.07, 6.45) is 0. The van der Waals surface area contributed by atoms with Crippen LogP contribution < -0.4 is 5.73 Å². The van der Waals surface area contributed by atoms with Crippen LogP contribution in [0, 0.1) is 0 Å². The van der Waals surface area contributed by atoms with Gasteiger partial charge in [-0.15, -0.1) is 0 Å². The van der Waals surface area contributed by atoms with E-state index >= 15 is 0 Å². The number of nitrogens with two attached hydrogens (primary N) is 1. The molecule has 2 nitrogen and oxygen atoms in total. The van der Waals surface area contributed by atoms with Crippen LogP contribution in [-0.2, 0) is 0 Å². The van der Waals surface area contributed by atoms with Crippen molar-refractivity contribution in [2.24, 2.45) is 5.73 Å². The molecular formula is C13H20N2S. The molecule has 0 radical (unpaired) electrons. The lowest BCUT2D eigenvalue weighted by molar-refractivity contribution is 0.211. The zero-order valence-electron chi connectivity index (χ0n) is 9.80. The summed E-state index contributed by atoms with van der Waals surface area (Å²) >= 11 is 2.06. The van der Waals surface area contributed by atoms with Gasteiger partial charge in [0.15, 0.2) is 0 Å². The predicted molar refractivity (Wildman–Crippen MR) is 71.7 cm³/mol. The van der Waals surface area contributed by atoms with Gasteiger partial charge < -0.3 is 5.73 Å². The quantitative estimate of drug-likeness (QED) is 0.871. The molecule has 1 heterocycles. The molecule has 0 aromatic heterocycles. The van der Waals surface area contributed by atoms with Crippen LogP contribution in [0.15, 0.2) is 30.3 Å². The number of rotatable bonds is 3. The summed E-state index contributed by atoms with van der Waals surface area (Å²) in [5.41, 5.74) is 7.28. The van der Waals surface area contributed by atoms with E-state index in [0.29, 0.717) is 12.6 Å². The Morgan fingerprint density at radius 3 is 2.81 bits per heavy atom. The van der Waals surface area contributed by atoms with Gasteiger partial charge in [0.1, 0.15) is 0 Å². The van der Waals surface area contributed by atoms with Crippen LogP contribution in [0.4, 0.5) is 0 Å². The molecule has 0 amide bonds. The molecule has 0 spiro atoms. The first kappa shape index (κ1) is 12.0. The van der Waals surface area contributed by atoms with E-state index in [9.17, 15) is 0 Å². The van der Waals surface area contributed by atoms with E-state index < -0.39 is 0 Å². The minimum atomic E-state index is 0.393. The smallest absolute Gasteiger partial charge is 0.0471 e. The van der Waals surface area contributed by atoms with Crippen molar-refractivity contribution in [2.75, 3.05) is 25.4 Å². The largest absolute Gasteiger partial charge is 0.329 e. The average Bonchev–Trinajstić information content (AvgIpc) is 2.31. The third-order valence-corrected chi connectivity index (χ3v) is 4.26. The molecule has 1 aromatic rings. The van der Waals surface area contributed by atoms with Crippen molar-refractivity contribution < 1.29 is 0 Å². The van der Waals surface area contributed by atoms with Crippen molar-refractivity contribution in [1.82, 2.24) is 4.90 Å². The Morgan fingerprint density at radius 1 is 1.44 bits per heavy atom. The molecule has 2 rings (SSSR count). The fraction of sp³-hybridized carbons (Fsp3) is 0.538. The van der Waals surface area contributed by atoms with Gasteiger partial charge in [0.2, 0.25) is 0 Å². The summed E-state index contributed by atoms with van der Waals surface area (Å²) in [6.45, 7) is 5.32. The summed E-state index contributed by atoms with van der Waals surface area (Å²) in [4.78, 5) is 2.52. The van der Waals surface area contributed by atoms with Crippen LogP contribution in [0.1, 0.15) is 18.5 Å². The summed E-state index contributed by atoms with van der Waals surface area (Å²) in [5.74, 6) is 1.23. The third kappa shape index (κ3) is 2.78. The molecule has 3 heteroatoms. The van der Waals surface area contributed by atoms with Crippen LogP contribution in [0.5, 0.6) is 0 Å². The molecule has 1 aliphatic heterocycles. The second kappa shape index (κ2) is 5.71. The van der Waals surface area contributed by atoms with E-state index in [-0.39, 0.29) is 0 Å². The molecule has 2 atom stereocenters. The molecule has 1 saturated heterocycles. The second-order valence-electron chi connectivity index (χ2n) is 4.34. The summed E-state index contributed by atoms with van der Waals surface area (Å²) in [6, 6.07) is 11.0. The van der Waals surface area contributed by atoms with Crippen LogP contribution in [0.2, 0.25) is 0 Å². The number of benzene rings is 1. The minimum Gasteiger partial charge on any atom is -0.329 e. The maximum atomic E-state index is 5.93. The summed E-state index contributed by atoms with van der Waals surface area (Å²) in [5, 5.41) is 0.728. The Hall–Kier alpha value is -0.510. The van der Waals surface area contributed by atoms with Crippen molar-refractivity contribution in [3.63, 3.8) is 0 Å². The lowest BCUT2D eigenvalue weighted by atomic mass is 10.1. The molecule has 1 aromatic carbocycles. The first-order chi connectivity index (χ1) is 7.81. The van der Waals surface area contributed by atoms with Crippen LogP contribution >= 0.6 is 11.8 Å². The Morgan fingerprint density at radius 2 is 2.19 bits per heavy atom. The number of hydrogen-bond donors (Lipinski definition) is 1. The van der Waals surface area contributed by atoms with Gasteiger partial charge >= 0.3 is 0 Å². The Labute approximate surface area is 102 Å². The highest BCUT2D eigenvalue weighted by Gasteiger charge is 2.24. The van der Waals surface area contributed by atoms with Gasteiger partial charge in [0.05, 0.1) is 0 Å². The Balaban J connectivity index is 2.10. The Bertz CT molecular complexity index is 315. The average molecular weight is 236 g/mol. The van der Waals surface area contributed by atoms with Crippen LogP contribution in [0.25, 0.3) is 0 Å². The van der Waals surface area contributed by atoms with Crippen LogP contribution in [-0.4, -0.2) is 35.5 Å². The normalized spacial score (nSPS) is 24.2. The van der Waals surface area contributed by atoms with Gasteiger partial charge in [-0.25, -0.2) is 0 Å². The highest BCUT2D eigenvalue weighted by molar-refractivity contribution is 7.99. The number of hydrogen-bond acceptors (Lipinski definition) is 3. The topological polar surface area (TPSA) is 29.3 Å². The highest BCUT2D eigenvalue weighted by atomic mass is 32.2. The van der Waals surface area contributed by atoms with Gasteiger partial charge in [0.25, 0.3) is 0 Å². The molecule has 1 aliphatic rings. The Kier molecular flexibility index (Phi) is 4.27. The third-order valence-electron chi connectivity index (χ3n) is 3.12. The summed E-state index contributed by atoms with van der Waals surface area (Å²) < 4.78 is 0. The molecule has 0 aliphatic carbocycles. The molecule has 88 valence electrons. The van der Waals surface area contributed by atoms with Crippen molar-refractivity contribution in [3.05, 3.63) is 35.9 Å². The maximum absolute atomic E-state index is 5.93. The number of thioether (sulfide) groups is 1. The van der Waals surface area contributed by atoms with Crippen LogP contribution in [0.3, 0.4) is 0 Å². The van der Waals surface area contributed by atoms with Gasteiger partial charge in [-0.2, -0.15) is 11.8 Å². The highest BCUT2D eigenvalue weighted by Crippen LogP contribution is 2.26. The fourth-order valence-corrected chi connectivity index (χ4v) is 3.34. The maximum Gasteiger partial charge on any atom is 0.0471 e. The zero-order valence-corrected chi connectivity index (χ0v) is 10.6. The molecule has 1 fully saturated rings. The predicted octanol–water partition coefficient (Wildman–Crippen LogP) is 2.12. The van der Waals surface area contributed by atoms with Crippen molar-refractivity contribution in [1.29, 1.82) is 0 Å². The molecule has 0 bridgehead atoms. The van der Waals surface area contributed by atoms with E-state index in [2.05, 4.69) is 53.9 Å². The molecule has 0 saturated carbocycles. The molecule has 16 heavy (non-hydrogen) atoms. The van der Waals surface area contributed by atoms with Gasteiger partial charge in [0, 0.05) is 36.7 Å². The van der Waals surface area contributed by atoms with Gasteiger partial charge in [-0.3, -0.25) is 4.90 Å². The van der Waals surface area contributed by atoms with Crippen molar-refractivity contribution in [2.45, 2.75) is 18.2 Å². The lowest BCUT2D eigenvalue weighted by Crippen LogP contribution is -2.42. The SMILES string of the molecule is CC1CN(C(CN)c2ccccc2)CCS1. The fourth-order valence-electron chi connectivity index (χ4n) is 2.30. The van der Waals surface area contributed by atoms with Gasteiger partial charge in [-0.05, 0) is 5.56 Å². The van der Waals surface area contributed by atoms with E-state index in [4.69, 9.17) is 5.73 Å².